The van der Waals surface area contributed by atoms with Gasteiger partial charge >= 0.3 is 0 Å². The quantitative estimate of drug-likeness (QED) is 0.492. The van der Waals surface area contributed by atoms with Crippen molar-refractivity contribution in [1.82, 2.24) is 0 Å². The second-order valence-corrected chi connectivity index (χ2v) is 3.16. The zero-order valence-electron chi connectivity index (χ0n) is 6.30. The smallest absolute Gasteiger partial charge is 0.108 e. The Balaban J connectivity index is 2.73. The Labute approximate surface area is 61.2 Å². The lowest BCUT2D eigenvalue weighted by molar-refractivity contribution is -0.0516. The van der Waals surface area contributed by atoms with E-state index in [9.17, 15) is 10.2 Å². The Morgan fingerprint density at radius 2 is 2.30 bits per heavy atom. The molecular weight excluding hydrogens is 128 g/mol. The third-order valence-corrected chi connectivity index (χ3v) is 2.32. The van der Waals surface area contributed by atoms with Crippen molar-refractivity contribution < 1.29 is 10.2 Å². The molecule has 1 fully saturated rings. The molecule has 0 aromatic rings. The van der Waals surface area contributed by atoms with Gasteiger partial charge in [0.05, 0.1) is 6.10 Å². The van der Waals surface area contributed by atoms with E-state index in [1.807, 2.05) is 0 Å². The predicted octanol–water partition coefficient (Wildman–Crippen LogP) is 0.838. The molecule has 10 heavy (non-hydrogen) atoms. The van der Waals surface area contributed by atoms with Crippen molar-refractivity contribution in [2.75, 3.05) is 0 Å². The summed E-state index contributed by atoms with van der Waals surface area (Å²) in [7, 11) is 0. The molecule has 2 nitrogen and oxygen atoms in total. The third-order valence-electron chi connectivity index (χ3n) is 2.32. The summed E-state index contributed by atoms with van der Waals surface area (Å²) in [6.45, 7) is 5.33. The van der Waals surface area contributed by atoms with E-state index in [0.29, 0.717) is 6.42 Å². The molecule has 58 valence electrons. The molecule has 1 rings (SSSR count). The van der Waals surface area contributed by atoms with E-state index in [4.69, 9.17) is 0 Å². The zero-order chi connectivity index (χ0) is 7.78. The molecule has 0 aromatic heterocycles. The molecule has 0 aliphatic heterocycles. The number of rotatable bonds is 0. The molecular formula is C8H14O2. The molecule has 1 aliphatic carbocycles. The van der Waals surface area contributed by atoms with Crippen LogP contribution < -0.4 is 0 Å². The van der Waals surface area contributed by atoms with Gasteiger partial charge in [0.25, 0.3) is 0 Å². The highest BCUT2D eigenvalue weighted by Crippen LogP contribution is 2.31. The number of aliphatic hydroxyl groups excluding tert-OH is 1. The van der Waals surface area contributed by atoms with Crippen molar-refractivity contribution >= 4 is 0 Å². The summed E-state index contributed by atoms with van der Waals surface area (Å²) >= 11 is 0. The van der Waals surface area contributed by atoms with Crippen LogP contribution in [0.3, 0.4) is 0 Å². The van der Waals surface area contributed by atoms with E-state index in [1.165, 1.54) is 0 Å². The van der Waals surface area contributed by atoms with E-state index >= 15 is 0 Å². The van der Waals surface area contributed by atoms with Crippen LogP contribution in [0.15, 0.2) is 12.2 Å². The van der Waals surface area contributed by atoms with E-state index in [0.717, 1.165) is 18.4 Å². The largest absolute Gasteiger partial charge is 0.390 e. The SMILES string of the molecule is C=C1CCCC(O)C1(C)O. The summed E-state index contributed by atoms with van der Waals surface area (Å²) in [5.41, 5.74) is -0.288. The lowest BCUT2D eigenvalue weighted by atomic mass is 9.80. The minimum absolute atomic E-state index is 0.617. The molecule has 0 spiro atoms. The highest BCUT2D eigenvalue weighted by molar-refractivity contribution is 5.16. The van der Waals surface area contributed by atoms with Gasteiger partial charge in [-0.15, -0.1) is 0 Å². The summed E-state index contributed by atoms with van der Waals surface area (Å²) < 4.78 is 0. The summed E-state index contributed by atoms with van der Waals surface area (Å²) in [5, 5.41) is 18.9. The van der Waals surface area contributed by atoms with Gasteiger partial charge < -0.3 is 10.2 Å². The molecule has 0 aromatic carbocycles. The zero-order valence-corrected chi connectivity index (χ0v) is 6.30. The summed E-state index contributed by atoms with van der Waals surface area (Å²) in [6.07, 6.45) is 1.85. The molecule has 0 amide bonds. The van der Waals surface area contributed by atoms with Crippen molar-refractivity contribution in [3.05, 3.63) is 12.2 Å². The second kappa shape index (κ2) is 2.36. The molecule has 0 radical (unpaired) electrons. The van der Waals surface area contributed by atoms with Gasteiger partial charge in [-0.3, -0.25) is 0 Å². The van der Waals surface area contributed by atoms with Gasteiger partial charge in [0, 0.05) is 0 Å². The van der Waals surface area contributed by atoms with Crippen molar-refractivity contribution in [3.63, 3.8) is 0 Å². The Kier molecular flexibility index (Phi) is 1.84. The molecule has 1 saturated carbocycles. The lowest BCUT2D eigenvalue weighted by Gasteiger charge is -2.35. The van der Waals surface area contributed by atoms with Crippen LogP contribution in [0.1, 0.15) is 26.2 Å². The second-order valence-electron chi connectivity index (χ2n) is 3.16. The van der Waals surface area contributed by atoms with Gasteiger partial charge in [-0.25, -0.2) is 0 Å². The van der Waals surface area contributed by atoms with E-state index in [2.05, 4.69) is 6.58 Å². The standard InChI is InChI=1S/C8H14O2/c1-6-4-3-5-7(9)8(6,2)10/h7,9-10H,1,3-5H2,2H3. The van der Waals surface area contributed by atoms with Gasteiger partial charge in [-0.1, -0.05) is 6.58 Å². The molecule has 2 N–H and O–H groups in total. The van der Waals surface area contributed by atoms with Crippen molar-refractivity contribution in [1.29, 1.82) is 0 Å². The van der Waals surface area contributed by atoms with Gasteiger partial charge in [0.2, 0.25) is 0 Å². The molecule has 2 atom stereocenters. The van der Waals surface area contributed by atoms with Crippen molar-refractivity contribution in [2.45, 2.75) is 37.9 Å². The predicted molar refractivity (Wildman–Crippen MR) is 39.6 cm³/mol. The Morgan fingerprint density at radius 1 is 1.70 bits per heavy atom. The van der Waals surface area contributed by atoms with Crippen LogP contribution in [-0.2, 0) is 0 Å². The van der Waals surface area contributed by atoms with E-state index < -0.39 is 11.7 Å². The maximum absolute atomic E-state index is 9.56. The van der Waals surface area contributed by atoms with Crippen LogP contribution in [0, 0.1) is 0 Å². The highest BCUT2D eigenvalue weighted by Gasteiger charge is 2.35. The normalized spacial score (nSPS) is 41.9. The molecule has 0 heterocycles. The van der Waals surface area contributed by atoms with Crippen molar-refractivity contribution in [2.24, 2.45) is 0 Å². The maximum Gasteiger partial charge on any atom is 0.108 e. The fourth-order valence-electron chi connectivity index (χ4n) is 1.28. The van der Waals surface area contributed by atoms with E-state index in [1.54, 1.807) is 6.92 Å². The maximum atomic E-state index is 9.56. The lowest BCUT2D eigenvalue weighted by Crippen LogP contribution is -2.43. The van der Waals surface area contributed by atoms with Gasteiger partial charge in [0.1, 0.15) is 5.60 Å². The fourth-order valence-corrected chi connectivity index (χ4v) is 1.28. The topological polar surface area (TPSA) is 40.5 Å². The van der Waals surface area contributed by atoms with Crippen LogP contribution in [-0.4, -0.2) is 21.9 Å². The van der Waals surface area contributed by atoms with Gasteiger partial charge in [-0.2, -0.15) is 0 Å². The number of aliphatic hydroxyl groups is 2. The Morgan fingerprint density at radius 3 is 2.70 bits per heavy atom. The fraction of sp³-hybridized carbons (Fsp3) is 0.750. The molecule has 2 heteroatoms. The Hall–Kier alpha value is -0.340. The van der Waals surface area contributed by atoms with Crippen LogP contribution in [0.2, 0.25) is 0 Å². The third kappa shape index (κ3) is 1.09. The first-order valence-electron chi connectivity index (χ1n) is 3.64. The summed E-state index contributed by atoms with van der Waals surface area (Å²) in [5.74, 6) is 0. The number of hydrogen-bond donors (Lipinski definition) is 2. The summed E-state index contributed by atoms with van der Waals surface area (Å²) in [4.78, 5) is 0. The molecule has 0 bridgehead atoms. The first-order valence-corrected chi connectivity index (χ1v) is 3.64. The Bertz CT molecular complexity index is 149. The average molecular weight is 142 g/mol. The first kappa shape index (κ1) is 7.76. The van der Waals surface area contributed by atoms with Crippen molar-refractivity contribution in [3.8, 4) is 0 Å². The molecule has 2 unspecified atom stereocenters. The van der Waals surface area contributed by atoms with E-state index in [-0.39, 0.29) is 0 Å². The van der Waals surface area contributed by atoms with Crippen LogP contribution in [0.5, 0.6) is 0 Å². The van der Waals surface area contributed by atoms with Crippen LogP contribution in [0.25, 0.3) is 0 Å². The minimum atomic E-state index is -1.04. The average Bonchev–Trinajstić information content (AvgIpc) is 1.84. The monoisotopic (exact) mass is 142 g/mol. The van der Waals surface area contributed by atoms with Crippen LogP contribution in [0.4, 0.5) is 0 Å². The molecule has 1 aliphatic rings. The first-order chi connectivity index (χ1) is 4.55. The highest BCUT2D eigenvalue weighted by atomic mass is 16.3. The number of hydrogen-bond acceptors (Lipinski definition) is 2. The van der Waals surface area contributed by atoms with Gasteiger partial charge in [0.15, 0.2) is 0 Å². The van der Waals surface area contributed by atoms with Crippen LogP contribution >= 0.6 is 0 Å². The molecule has 0 saturated heterocycles. The van der Waals surface area contributed by atoms with Gasteiger partial charge in [-0.05, 0) is 31.8 Å². The summed E-state index contributed by atoms with van der Waals surface area (Å²) in [6, 6.07) is 0. The minimum Gasteiger partial charge on any atom is -0.390 e.